The van der Waals surface area contributed by atoms with Crippen molar-refractivity contribution in [2.24, 2.45) is 10.8 Å². The lowest BCUT2D eigenvalue weighted by Gasteiger charge is -2.05. The van der Waals surface area contributed by atoms with Crippen molar-refractivity contribution in [1.82, 2.24) is 5.43 Å². The first-order valence-corrected chi connectivity index (χ1v) is 5.29. The zero-order chi connectivity index (χ0) is 13.7. The zero-order valence-electron chi connectivity index (χ0n) is 9.84. The molecular weight excluding hydrogens is 256 g/mol. The molecule has 8 heteroatoms. The molecule has 96 valence electrons. The molecule has 1 aromatic carbocycles. The van der Waals surface area contributed by atoms with Crippen molar-refractivity contribution in [1.29, 1.82) is 0 Å². The SMILES string of the molecule is COc1ccc(/C(C)=N\NC(N)=S)cc1[N+](=O)[O-]. The van der Waals surface area contributed by atoms with Gasteiger partial charge in [0.2, 0.25) is 0 Å². The molecule has 3 N–H and O–H groups in total. The molecule has 1 aromatic rings. The number of hydrazone groups is 1. The summed E-state index contributed by atoms with van der Waals surface area (Å²) in [5, 5.41) is 14.8. The van der Waals surface area contributed by atoms with Crippen LogP contribution in [0, 0.1) is 10.1 Å². The number of thiocarbonyl (C=S) groups is 1. The van der Waals surface area contributed by atoms with Gasteiger partial charge in [-0.2, -0.15) is 5.10 Å². The van der Waals surface area contributed by atoms with Crippen LogP contribution in [-0.4, -0.2) is 22.9 Å². The molecule has 0 radical (unpaired) electrons. The molecule has 0 aliphatic heterocycles. The molecule has 0 atom stereocenters. The molecule has 0 aromatic heterocycles. The highest BCUT2D eigenvalue weighted by molar-refractivity contribution is 7.80. The van der Waals surface area contributed by atoms with Crippen LogP contribution in [0.3, 0.4) is 0 Å². The van der Waals surface area contributed by atoms with Gasteiger partial charge in [-0.15, -0.1) is 0 Å². The molecule has 0 unspecified atom stereocenters. The maximum atomic E-state index is 10.9. The number of nitrogens with zero attached hydrogens (tertiary/aromatic N) is 2. The molecule has 0 saturated carbocycles. The summed E-state index contributed by atoms with van der Waals surface area (Å²) in [5.74, 6) is 0.193. The van der Waals surface area contributed by atoms with Gasteiger partial charge in [-0.3, -0.25) is 15.5 Å². The monoisotopic (exact) mass is 268 g/mol. The predicted octanol–water partition coefficient (Wildman–Crippen LogP) is 1.16. The molecule has 0 saturated heterocycles. The first-order chi connectivity index (χ1) is 8.45. The smallest absolute Gasteiger partial charge is 0.311 e. The maximum Gasteiger partial charge on any atom is 0.311 e. The molecule has 0 spiro atoms. The predicted molar refractivity (Wildman–Crippen MR) is 71.8 cm³/mol. The number of hydrogen-bond donors (Lipinski definition) is 2. The van der Waals surface area contributed by atoms with Gasteiger partial charge in [0.25, 0.3) is 0 Å². The van der Waals surface area contributed by atoms with E-state index in [1.807, 2.05) is 0 Å². The van der Waals surface area contributed by atoms with Gasteiger partial charge in [0.1, 0.15) is 0 Å². The third-order valence-corrected chi connectivity index (χ3v) is 2.22. The Morgan fingerprint density at radius 2 is 2.28 bits per heavy atom. The van der Waals surface area contributed by atoms with E-state index in [2.05, 4.69) is 22.7 Å². The summed E-state index contributed by atoms with van der Waals surface area (Å²) in [7, 11) is 1.37. The normalized spacial score (nSPS) is 10.9. The second-order valence-corrected chi connectivity index (χ2v) is 3.76. The Balaban J connectivity index is 3.11. The minimum Gasteiger partial charge on any atom is -0.490 e. The molecule has 0 aliphatic carbocycles. The van der Waals surface area contributed by atoms with E-state index in [0.29, 0.717) is 11.3 Å². The van der Waals surface area contributed by atoms with E-state index in [9.17, 15) is 10.1 Å². The van der Waals surface area contributed by atoms with E-state index in [-0.39, 0.29) is 16.5 Å². The van der Waals surface area contributed by atoms with E-state index in [0.717, 1.165) is 0 Å². The summed E-state index contributed by atoms with van der Waals surface area (Å²) in [4.78, 5) is 10.3. The van der Waals surface area contributed by atoms with E-state index < -0.39 is 4.92 Å². The van der Waals surface area contributed by atoms with Gasteiger partial charge in [0.05, 0.1) is 17.7 Å². The van der Waals surface area contributed by atoms with Gasteiger partial charge in [-0.25, -0.2) is 0 Å². The second kappa shape index (κ2) is 5.92. The summed E-state index contributed by atoms with van der Waals surface area (Å²) >= 11 is 4.60. The average Bonchev–Trinajstić information content (AvgIpc) is 2.34. The van der Waals surface area contributed by atoms with Crippen LogP contribution in [0.2, 0.25) is 0 Å². The number of nitrogens with two attached hydrogens (primary N) is 1. The molecular formula is C10H12N4O3S. The molecule has 18 heavy (non-hydrogen) atoms. The Labute approximate surface area is 109 Å². The van der Waals surface area contributed by atoms with Crippen molar-refractivity contribution in [3.8, 4) is 5.75 Å². The Morgan fingerprint density at radius 1 is 1.61 bits per heavy atom. The van der Waals surface area contributed by atoms with Crippen molar-refractivity contribution < 1.29 is 9.66 Å². The van der Waals surface area contributed by atoms with Crippen LogP contribution in [0.15, 0.2) is 23.3 Å². The van der Waals surface area contributed by atoms with Crippen molar-refractivity contribution in [2.75, 3.05) is 7.11 Å². The fraction of sp³-hybridized carbons (Fsp3) is 0.200. The van der Waals surface area contributed by atoms with Gasteiger partial charge in [-0.1, -0.05) is 0 Å². The minimum absolute atomic E-state index is 0.0253. The van der Waals surface area contributed by atoms with Crippen LogP contribution < -0.4 is 15.9 Å². The Kier molecular flexibility index (Phi) is 4.55. The van der Waals surface area contributed by atoms with Crippen molar-refractivity contribution in [3.05, 3.63) is 33.9 Å². The topological polar surface area (TPSA) is 103 Å². The Hall–Kier alpha value is -2.22. The van der Waals surface area contributed by atoms with E-state index in [1.54, 1.807) is 13.0 Å². The number of methoxy groups -OCH3 is 1. The number of rotatable bonds is 4. The first-order valence-electron chi connectivity index (χ1n) is 4.88. The van der Waals surface area contributed by atoms with E-state index >= 15 is 0 Å². The van der Waals surface area contributed by atoms with Crippen LogP contribution in [0.1, 0.15) is 12.5 Å². The molecule has 0 fully saturated rings. The summed E-state index contributed by atoms with van der Waals surface area (Å²) in [6.45, 7) is 1.68. The number of benzene rings is 1. The molecule has 1 rings (SSSR count). The third-order valence-electron chi connectivity index (χ3n) is 2.13. The van der Waals surface area contributed by atoms with Gasteiger partial charge in [0, 0.05) is 11.6 Å². The largest absolute Gasteiger partial charge is 0.490 e. The van der Waals surface area contributed by atoms with Gasteiger partial charge < -0.3 is 10.5 Å². The fourth-order valence-electron chi connectivity index (χ4n) is 1.26. The van der Waals surface area contributed by atoms with Crippen LogP contribution in [0.5, 0.6) is 5.75 Å². The number of nitro groups is 1. The van der Waals surface area contributed by atoms with Crippen molar-refractivity contribution >= 4 is 28.7 Å². The highest BCUT2D eigenvalue weighted by Crippen LogP contribution is 2.27. The zero-order valence-corrected chi connectivity index (χ0v) is 10.7. The average molecular weight is 268 g/mol. The highest BCUT2D eigenvalue weighted by Gasteiger charge is 2.15. The highest BCUT2D eigenvalue weighted by atomic mass is 32.1. The quantitative estimate of drug-likeness (QED) is 0.367. The first kappa shape index (κ1) is 13.8. The minimum atomic E-state index is -0.517. The van der Waals surface area contributed by atoms with Crippen LogP contribution in [0.4, 0.5) is 5.69 Å². The lowest BCUT2D eigenvalue weighted by molar-refractivity contribution is -0.385. The molecule has 0 aliphatic rings. The fourth-order valence-corrected chi connectivity index (χ4v) is 1.31. The van der Waals surface area contributed by atoms with E-state index in [4.69, 9.17) is 10.5 Å². The lowest BCUT2D eigenvalue weighted by Crippen LogP contribution is -2.25. The van der Waals surface area contributed by atoms with Crippen LogP contribution in [0.25, 0.3) is 0 Å². The molecule has 0 heterocycles. The molecule has 7 nitrogen and oxygen atoms in total. The maximum absolute atomic E-state index is 10.9. The lowest BCUT2D eigenvalue weighted by atomic mass is 10.1. The number of nitro benzene ring substituents is 1. The standard InChI is InChI=1S/C10H12N4O3S/c1-6(12-13-10(11)18)7-3-4-9(17-2)8(5-7)14(15)16/h3-5H,1-2H3,(H3,11,13,18)/b12-6-. The Morgan fingerprint density at radius 3 is 2.78 bits per heavy atom. The molecule has 0 amide bonds. The summed E-state index contributed by atoms with van der Waals surface area (Å²) in [5.41, 5.74) is 8.62. The number of ether oxygens (including phenoxy) is 1. The number of hydrogen-bond acceptors (Lipinski definition) is 5. The van der Waals surface area contributed by atoms with Gasteiger partial charge in [-0.05, 0) is 31.3 Å². The van der Waals surface area contributed by atoms with Gasteiger partial charge in [0.15, 0.2) is 10.9 Å². The van der Waals surface area contributed by atoms with Crippen LogP contribution in [-0.2, 0) is 0 Å². The van der Waals surface area contributed by atoms with Crippen molar-refractivity contribution in [3.63, 3.8) is 0 Å². The summed E-state index contributed by atoms with van der Waals surface area (Å²) < 4.78 is 4.90. The van der Waals surface area contributed by atoms with Crippen LogP contribution >= 0.6 is 12.2 Å². The Bertz CT molecular complexity index is 516. The third kappa shape index (κ3) is 3.39. The second-order valence-electron chi connectivity index (χ2n) is 3.32. The number of nitrogens with one attached hydrogen (secondary N) is 1. The van der Waals surface area contributed by atoms with Gasteiger partial charge >= 0.3 is 5.69 Å². The van der Waals surface area contributed by atoms with E-state index in [1.165, 1.54) is 19.2 Å². The van der Waals surface area contributed by atoms with Crippen molar-refractivity contribution in [2.45, 2.75) is 6.92 Å². The summed E-state index contributed by atoms with van der Waals surface area (Å²) in [6.07, 6.45) is 0. The summed E-state index contributed by atoms with van der Waals surface area (Å²) in [6, 6.07) is 4.54. The molecule has 0 bridgehead atoms.